The number of anilines is 2. The number of piperazine rings is 1. The fraction of sp³-hybridized carbons (Fsp3) is 0.333. The van der Waals surface area contributed by atoms with Crippen molar-refractivity contribution in [3.05, 3.63) is 48.3 Å². The van der Waals surface area contributed by atoms with Crippen molar-refractivity contribution in [1.82, 2.24) is 10.3 Å². The fourth-order valence-electron chi connectivity index (χ4n) is 3.17. The predicted molar refractivity (Wildman–Crippen MR) is 92.5 cm³/mol. The second-order valence-corrected chi connectivity index (χ2v) is 6.09. The molecule has 1 aromatic carbocycles. The zero-order valence-electron chi connectivity index (χ0n) is 13.4. The summed E-state index contributed by atoms with van der Waals surface area (Å²) in [5.74, 6) is 0.434. The van der Waals surface area contributed by atoms with E-state index in [1.807, 2.05) is 18.2 Å². The first kappa shape index (κ1) is 15.0. The summed E-state index contributed by atoms with van der Waals surface area (Å²) in [5.41, 5.74) is 2.98. The van der Waals surface area contributed by atoms with Gasteiger partial charge in [0.15, 0.2) is 0 Å². The third-order valence-electron chi connectivity index (χ3n) is 4.45. The molecule has 0 radical (unpaired) electrons. The average Bonchev–Trinajstić information content (AvgIpc) is 2.63. The number of esters is 1. The van der Waals surface area contributed by atoms with Crippen LogP contribution in [0.3, 0.4) is 0 Å². The van der Waals surface area contributed by atoms with Gasteiger partial charge in [-0.1, -0.05) is 6.07 Å². The summed E-state index contributed by atoms with van der Waals surface area (Å²) in [5, 5.41) is 6.54. The van der Waals surface area contributed by atoms with Crippen LogP contribution in [-0.4, -0.2) is 43.2 Å². The summed E-state index contributed by atoms with van der Waals surface area (Å²) in [6, 6.07) is 9.51. The smallest absolute Gasteiger partial charge is 0.334 e. The molecule has 0 bridgehead atoms. The Bertz CT molecular complexity index is 729. The number of rotatable bonds is 3. The van der Waals surface area contributed by atoms with E-state index in [2.05, 4.69) is 32.7 Å². The molecule has 1 unspecified atom stereocenters. The van der Waals surface area contributed by atoms with Crippen molar-refractivity contribution < 1.29 is 9.53 Å². The lowest BCUT2D eigenvalue weighted by atomic mass is 10.0. The van der Waals surface area contributed by atoms with Crippen molar-refractivity contribution >= 4 is 17.3 Å². The van der Waals surface area contributed by atoms with Crippen LogP contribution in [0.1, 0.15) is 5.56 Å². The maximum atomic E-state index is 12.3. The molecule has 2 aromatic rings. The molecule has 6 heteroatoms. The molecule has 1 atom stereocenters. The molecule has 6 nitrogen and oxygen atoms in total. The molecular weight excluding hydrogens is 304 g/mol. The number of carbonyl (C=O) groups is 1. The van der Waals surface area contributed by atoms with Crippen LogP contribution in [-0.2, 0) is 11.2 Å². The molecule has 3 heterocycles. The molecule has 0 aliphatic carbocycles. The Balaban J connectivity index is 1.51. The van der Waals surface area contributed by atoms with Crippen molar-refractivity contribution in [2.75, 3.05) is 36.4 Å². The van der Waals surface area contributed by atoms with Gasteiger partial charge in [-0.15, -0.1) is 0 Å². The Morgan fingerprint density at radius 3 is 2.92 bits per heavy atom. The van der Waals surface area contributed by atoms with Crippen LogP contribution < -0.4 is 20.3 Å². The minimum Gasteiger partial charge on any atom is -0.425 e. The van der Waals surface area contributed by atoms with Gasteiger partial charge >= 0.3 is 5.97 Å². The van der Waals surface area contributed by atoms with Gasteiger partial charge in [-0.05, 0) is 23.8 Å². The number of carbonyl (C=O) groups excluding carboxylic acids is 1. The Labute approximate surface area is 140 Å². The third kappa shape index (κ3) is 3.05. The number of fused-ring (bicyclic) bond motifs is 1. The molecule has 0 saturated carbocycles. The van der Waals surface area contributed by atoms with Gasteiger partial charge in [0, 0.05) is 56.7 Å². The van der Waals surface area contributed by atoms with Crippen LogP contribution in [0.25, 0.3) is 0 Å². The predicted octanol–water partition coefficient (Wildman–Crippen LogP) is 1.43. The van der Waals surface area contributed by atoms with Crippen molar-refractivity contribution in [1.29, 1.82) is 0 Å². The fourth-order valence-corrected chi connectivity index (χ4v) is 3.17. The van der Waals surface area contributed by atoms with Gasteiger partial charge in [-0.25, -0.2) is 4.79 Å². The highest BCUT2D eigenvalue weighted by Crippen LogP contribution is 2.31. The van der Waals surface area contributed by atoms with E-state index in [1.165, 1.54) is 0 Å². The van der Waals surface area contributed by atoms with Crippen LogP contribution in [0.15, 0.2) is 42.7 Å². The maximum Gasteiger partial charge on any atom is 0.334 e. The lowest BCUT2D eigenvalue weighted by Gasteiger charge is -2.31. The Hall–Kier alpha value is -2.60. The number of pyridine rings is 1. The molecule has 2 N–H and O–H groups in total. The highest BCUT2D eigenvalue weighted by molar-refractivity contribution is 5.84. The summed E-state index contributed by atoms with van der Waals surface area (Å²) in [7, 11) is 0. The normalized spacial score (nSPS) is 20.2. The number of hydrogen-bond donors (Lipinski definition) is 2. The molecule has 2 aliphatic rings. The van der Waals surface area contributed by atoms with E-state index < -0.39 is 0 Å². The second kappa shape index (κ2) is 6.49. The summed E-state index contributed by atoms with van der Waals surface area (Å²) < 4.78 is 5.58. The lowest BCUT2D eigenvalue weighted by Crippen LogP contribution is -2.43. The van der Waals surface area contributed by atoms with Gasteiger partial charge in [0.2, 0.25) is 0 Å². The molecule has 124 valence electrons. The number of benzene rings is 1. The molecule has 0 spiro atoms. The SMILES string of the molecule is O=C1Oc2cc(N3CCNCC3)ccc2CC1Nc1cccnc1. The van der Waals surface area contributed by atoms with Gasteiger partial charge in [0.1, 0.15) is 11.8 Å². The second-order valence-electron chi connectivity index (χ2n) is 6.09. The van der Waals surface area contributed by atoms with Gasteiger partial charge in [-0.2, -0.15) is 0 Å². The highest BCUT2D eigenvalue weighted by Gasteiger charge is 2.29. The van der Waals surface area contributed by atoms with Crippen molar-refractivity contribution in [3.63, 3.8) is 0 Å². The zero-order valence-corrected chi connectivity index (χ0v) is 13.4. The standard InChI is InChI=1S/C18H20N4O2/c23-18-16(21-14-2-1-5-20-12-14)10-13-3-4-15(11-17(13)24-18)22-8-6-19-7-9-22/h1-5,11-12,16,19,21H,6-10H2. The van der Waals surface area contributed by atoms with E-state index in [1.54, 1.807) is 12.4 Å². The molecular formula is C18H20N4O2. The minimum atomic E-state index is -0.383. The van der Waals surface area contributed by atoms with Crippen LogP contribution >= 0.6 is 0 Å². The Morgan fingerprint density at radius 2 is 2.12 bits per heavy atom. The number of hydrogen-bond acceptors (Lipinski definition) is 6. The number of nitrogens with zero attached hydrogens (tertiary/aromatic N) is 2. The highest BCUT2D eigenvalue weighted by atomic mass is 16.5. The number of nitrogens with one attached hydrogen (secondary N) is 2. The van der Waals surface area contributed by atoms with E-state index in [9.17, 15) is 4.79 Å². The van der Waals surface area contributed by atoms with Crippen LogP contribution in [0.2, 0.25) is 0 Å². The first-order valence-corrected chi connectivity index (χ1v) is 8.26. The molecule has 1 fully saturated rings. The summed E-state index contributed by atoms with van der Waals surface area (Å²) in [6.07, 6.45) is 4.03. The molecule has 2 aliphatic heterocycles. The average molecular weight is 324 g/mol. The third-order valence-corrected chi connectivity index (χ3v) is 4.45. The first-order valence-electron chi connectivity index (χ1n) is 8.26. The largest absolute Gasteiger partial charge is 0.425 e. The Morgan fingerprint density at radius 1 is 1.25 bits per heavy atom. The summed E-state index contributed by atoms with van der Waals surface area (Å²) >= 11 is 0. The number of ether oxygens (including phenoxy) is 1. The monoisotopic (exact) mass is 324 g/mol. The molecule has 1 saturated heterocycles. The quantitative estimate of drug-likeness (QED) is 0.658. The van der Waals surface area contributed by atoms with E-state index in [-0.39, 0.29) is 12.0 Å². The molecule has 0 amide bonds. The van der Waals surface area contributed by atoms with Crippen LogP contribution in [0.4, 0.5) is 11.4 Å². The minimum absolute atomic E-state index is 0.246. The lowest BCUT2D eigenvalue weighted by molar-refractivity contribution is -0.136. The van der Waals surface area contributed by atoms with E-state index in [4.69, 9.17) is 4.74 Å². The van der Waals surface area contributed by atoms with Crippen LogP contribution in [0, 0.1) is 0 Å². The van der Waals surface area contributed by atoms with Gasteiger partial charge in [0.25, 0.3) is 0 Å². The molecule has 4 rings (SSSR count). The maximum absolute atomic E-state index is 12.3. The van der Waals surface area contributed by atoms with E-state index in [0.717, 1.165) is 43.1 Å². The Kier molecular flexibility index (Phi) is 4.04. The van der Waals surface area contributed by atoms with Gasteiger partial charge in [0.05, 0.1) is 5.69 Å². The summed E-state index contributed by atoms with van der Waals surface area (Å²) in [4.78, 5) is 18.7. The van der Waals surface area contributed by atoms with Gasteiger partial charge in [-0.3, -0.25) is 4.98 Å². The summed E-state index contributed by atoms with van der Waals surface area (Å²) in [6.45, 7) is 3.90. The zero-order chi connectivity index (χ0) is 16.4. The number of aromatic nitrogens is 1. The van der Waals surface area contributed by atoms with Crippen LogP contribution in [0.5, 0.6) is 5.75 Å². The van der Waals surface area contributed by atoms with Crippen molar-refractivity contribution in [2.45, 2.75) is 12.5 Å². The van der Waals surface area contributed by atoms with E-state index in [0.29, 0.717) is 12.2 Å². The van der Waals surface area contributed by atoms with E-state index >= 15 is 0 Å². The van der Waals surface area contributed by atoms with Gasteiger partial charge < -0.3 is 20.3 Å². The van der Waals surface area contributed by atoms with Crippen molar-refractivity contribution in [3.8, 4) is 5.75 Å². The molecule has 1 aromatic heterocycles. The van der Waals surface area contributed by atoms with Crippen molar-refractivity contribution in [2.24, 2.45) is 0 Å². The topological polar surface area (TPSA) is 66.5 Å². The molecule has 24 heavy (non-hydrogen) atoms. The first-order chi connectivity index (χ1) is 11.8.